The molecule has 0 spiro atoms. The maximum atomic E-state index is 13.2. The topological polar surface area (TPSA) is 45.1 Å². The smallest absolute Gasteiger partial charge is 0.425 e. The lowest BCUT2D eigenvalue weighted by Gasteiger charge is -2.29. The van der Waals surface area contributed by atoms with E-state index in [1.54, 1.807) is 13.3 Å². The first-order valence-corrected chi connectivity index (χ1v) is 6.97. The Hall–Kier alpha value is -2.02. The first-order valence-electron chi connectivity index (χ1n) is 6.97. The van der Waals surface area contributed by atoms with Crippen molar-refractivity contribution < 1.29 is 23.0 Å². The maximum absolute atomic E-state index is 13.2. The lowest BCUT2D eigenvalue weighted by molar-refractivity contribution is -0.245. The van der Waals surface area contributed by atoms with E-state index in [0.717, 1.165) is 6.54 Å². The fourth-order valence-corrected chi connectivity index (χ4v) is 1.90. The van der Waals surface area contributed by atoms with Gasteiger partial charge in [0.05, 0.1) is 19.1 Å². The number of benzene rings is 1. The number of ether oxygens (including phenoxy) is 1. The van der Waals surface area contributed by atoms with Crippen LogP contribution < -0.4 is 4.74 Å². The van der Waals surface area contributed by atoms with E-state index in [9.17, 15) is 18.3 Å². The second kappa shape index (κ2) is 7.04. The average Bonchev–Trinajstić information content (AvgIpc) is 2.50. The summed E-state index contributed by atoms with van der Waals surface area (Å²) >= 11 is 0. The SMILES string of the molecule is C=CC(O)(c1cc(C)c(N=CN(C)CC)cc1OC)C(F)(F)F. The van der Waals surface area contributed by atoms with Gasteiger partial charge >= 0.3 is 6.18 Å². The molecule has 0 fully saturated rings. The summed E-state index contributed by atoms with van der Waals surface area (Å²) in [7, 11) is 3.06. The summed E-state index contributed by atoms with van der Waals surface area (Å²) in [4.78, 5) is 6.04. The van der Waals surface area contributed by atoms with Gasteiger partial charge in [0.15, 0.2) is 0 Å². The van der Waals surface area contributed by atoms with Crippen LogP contribution in [0.1, 0.15) is 18.1 Å². The molecular weight excluding hydrogens is 309 g/mol. The fourth-order valence-electron chi connectivity index (χ4n) is 1.90. The quantitative estimate of drug-likeness (QED) is 0.493. The first-order chi connectivity index (χ1) is 10.6. The molecule has 1 aromatic carbocycles. The number of methoxy groups -OCH3 is 1. The molecule has 0 amide bonds. The van der Waals surface area contributed by atoms with Gasteiger partial charge in [-0.15, -0.1) is 0 Å². The normalized spacial score (nSPS) is 14.6. The third-order valence-electron chi connectivity index (χ3n) is 3.55. The van der Waals surface area contributed by atoms with Crippen molar-refractivity contribution in [2.24, 2.45) is 4.99 Å². The highest BCUT2D eigenvalue weighted by Gasteiger charge is 2.54. The molecular formula is C16H21F3N2O2. The molecule has 0 heterocycles. The summed E-state index contributed by atoms with van der Waals surface area (Å²) in [5.74, 6) is -0.110. The second-order valence-electron chi connectivity index (χ2n) is 5.13. The minimum Gasteiger partial charge on any atom is -0.496 e. The molecule has 23 heavy (non-hydrogen) atoms. The molecule has 0 aromatic heterocycles. The highest BCUT2D eigenvalue weighted by atomic mass is 19.4. The van der Waals surface area contributed by atoms with E-state index >= 15 is 0 Å². The van der Waals surface area contributed by atoms with Gasteiger partial charge in [-0.2, -0.15) is 13.2 Å². The number of alkyl halides is 3. The third-order valence-corrected chi connectivity index (χ3v) is 3.55. The number of halogens is 3. The fraction of sp³-hybridized carbons (Fsp3) is 0.438. The summed E-state index contributed by atoms with van der Waals surface area (Å²) in [5, 5.41) is 10.0. The molecule has 4 nitrogen and oxygen atoms in total. The van der Waals surface area contributed by atoms with Gasteiger partial charge in [0.25, 0.3) is 0 Å². The number of aliphatic imine (C=N–C) groups is 1. The first kappa shape index (κ1) is 19.0. The van der Waals surface area contributed by atoms with E-state index < -0.39 is 17.3 Å². The number of hydrogen-bond acceptors (Lipinski definition) is 3. The standard InChI is InChI=1S/C16H21F3N2O2/c1-6-15(22,16(17,18)19)12-8-11(3)13(9-14(12)23-5)20-10-21(4)7-2/h6,8-10,22H,1,7H2,2-5H3. The molecule has 1 rings (SSSR count). The van der Waals surface area contributed by atoms with Crippen molar-refractivity contribution in [1.82, 2.24) is 4.90 Å². The van der Waals surface area contributed by atoms with Crippen LogP contribution in [0.15, 0.2) is 29.8 Å². The Morgan fingerprint density at radius 1 is 1.39 bits per heavy atom. The largest absolute Gasteiger partial charge is 0.496 e. The Labute approximate surface area is 133 Å². The molecule has 128 valence electrons. The Kier molecular flexibility index (Phi) is 5.82. The van der Waals surface area contributed by atoms with Crippen molar-refractivity contribution in [3.8, 4) is 5.75 Å². The predicted molar refractivity (Wildman–Crippen MR) is 84.3 cm³/mol. The zero-order valence-electron chi connectivity index (χ0n) is 13.6. The lowest BCUT2D eigenvalue weighted by atomic mass is 9.90. The molecule has 0 saturated carbocycles. The number of nitrogens with zero attached hydrogens (tertiary/aromatic N) is 2. The Morgan fingerprint density at radius 2 is 2.00 bits per heavy atom. The van der Waals surface area contributed by atoms with E-state index in [4.69, 9.17) is 4.74 Å². The van der Waals surface area contributed by atoms with Gasteiger partial charge in [-0.05, 0) is 31.6 Å². The van der Waals surface area contributed by atoms with Crippen molar-refractivity contribution in [2.75, 3.05) is 20.7 Å². The second-order valence-corrected chi connectivity index (χ2v) is 5.13. The van der Waals surface area contributed by atoms with E-state index in [1.807, 2.05) is 18.9 Å². The van der Waals surface area contributed by atoms with Crippen LogP contribution in [0.4, 0.5) is 18.9 Å². The zero-order valence-corrected chi connectivity index (χ0v) is 13.6. The lowest BCUT2D eigenvalue weighted by Crippen LogP contribution is -2.40. The summed E-state index contributed by atoms with van der Waals surface area (Å²) in [6, 6.07) is 2.58. The van der Waals surface area contributed by atoms with Crippen LogP contribution in [0, 0.1) is 6.92 Å². The van der Waals surface area contributed by atoms with Crippen LogP contribution in [-0.4, -0.2) is 43.2 Å². The van der Waals surface area contributed by atoms with E-state index in [2.05, 4.69) is 11.6 Å². The van der Waals surface area contributed by atoms with Gasteiger partial charge in [-0.1, -0.05) is 6.58 Å². The summed E-state index contributed by atoms with van der Waals surface area (Å²) in [6.45, 7) is 7.40. The van der Waals surface area contributed by atoms with Gasteiger partial charge in [0.1, 0.15) is 5.75 Å². The molecule has 7 heteroatoms. The van der Waals surface area contributed by atoms with Crippen LogP contribution >= 0.6 is 0 Å². The molecule has 0 saturated heterocycles. The Morgan fingerprint density at radius 3 is 2.43 bits per heavy atom. The molecule has 1 N–H and O–H groups in total. The molecule has 1 aromatic rings. The van der Waals surface area contributed by atoms with Crippen molar-refractivity contribution in [1.29, 1.82) is 0 Å². The molecule has 0 aliphatic carbocycles. The zero-order chi connectivity index (χ0) is 17.8. The van der Waals surface area contributed by atoms with Crippen LogP contribution in [-0.2, 0) is 5.60 Å². The summed E-state index contributed by atoms with van der Waals surface area (Å²) < 4.78 is 44.7. The maximum Gasteiger partial charge on any atom is 0.425 e. The van der Waals surface area contributed by atoms with Crippen LogP contribution in [0.25, 0.3) is 0 Å². The minimum atomic E-state index is -4.91. The predicted octanol–water partition coefficient (Wildman–Crippen LogP) is 3.55. The van der Waals surface area contributed by atoms with Gasteiger partial charge < -0.3 is 14.7 Å². The average molecular weight is 330 g/mol. The molecule has 0 aliphatic heterocycles. The summed E-state index contributed by atoms with van der Waals surface area (Å²) in [6.07, 6.45) is -2.88. The summed E-state index contributed by atoms with van der Waals surface area (Å²) in [5.41, 5.74) is -2.67. The van der Waals surface area contributed by atoms with Crippen molar-refractivity contribution >= 4 is 12.0 Å². The van der Waals surface area contributed by atoms with Gasteiger partial charge in [0.2, 0.25) is 5.60 Å². The Balaban J connectivity index is 3.46. The van der Waals surface area contributed by atoms with Crippen LogP contribution in [0.2, 0.25) is 0 Å². The molecule has 0 radical (unpaired) electrons. The van der Waals surface area contributed by atoms with E-state index in [1.165, 1.54) is 19.2 Å². The van der Waals surface area contributed by atoms with Crippen LogP contribution in [0.5, 0.6) is 5.75 Å². The van der Waals surface area contributed by atoms with Crippen LogP contribution in [0.3, 0.4) is 0 Å². The van der Waals surface area contributed by atoms with Gasteiger partial charge in [-0.3, -0.25) is 0 Å². The monoisotopic (exact) mass is 330 g/mol. The molecule has 1 unspecified atom stereocenters. The number of rotatable bonds is 6. The van der Waals surface area contributed by atoms with Crippen molar-refractivity contribution in [3.05, 3.63) is 35.9 Å². The highest BCUT2D eigenvalue weighted by molar-refractivity contribution is 5.65. The third kappa shape index (κ3) is 3.85. The molecule has 1 atom stereocenters. The number of aryl methyl sites for hydroxylation is 1. The van der Waals surface area contributed by atoms with E-state index in [-0.39, 0.29) is 5.75 Å². The minimum absolute atomic E-state index is 0.110. The van der Waals surface area contributed by atoms with Gasteiger partial charge in [-0.25, -0.2) is 4.99 Å². The van der Waals surface area contributed by atoms with Gasteiger partial charge in [0, 0.05) is 25.2 Å². The Bertz CT molecular complexity index is 600. The number of hydrogen-bond donors (Lipinski definition) is 1. The van der Waals surface area contributed by atoms with E-state index in [0.29, 0.717) is 17.3 Å². The number of aliphatic hydroxyl groups is 1. The highest BCUT2D eigenvalue weighted by Crippen LogP contribution is 2.45. The van der Waals surface area contributed by atoms with Crippen molar-refractivity contribution in [3.63, 3.8) is 0 Å². The molecule has 0 bridgehead atoms. The molecule has 0 aliphatic rings. The van der Waals surface area contributed by atoms with Crippen molar-refractivity contribution in [2.45, 2.75) is 25.6 Å².